The molecule has 0 aromatic heterocycles. The highest BCUT2D eigenvalue weighted by atomic mass is 79.9. The van der Waals surface area contributed by atoms with Crippen molar-refractivity contribution in [1.82, 2.24) is 4.90 Å². The molecule has 0 radical (unpaired) electrons. The van der Waals surface area contributed by atoms with Crippen LogP contribution in [0.5, 0.6) is 0 Å². The molecule has 0 aliphatic rings. The fourth-order valence-electron chi connectivity index (χ4n) is 2.13. The fourth-order valence-corrected chi connectivity index (χ4v) is 2.56. The van der Waals surface area contributed by atoms with E-state index in [2.05, 4.69) is 15.9 Å². The summed E-state index contributed by atoms with van der Waals surface area (Å²) in [6, 6.07) is 17.5. The summed E-state index contributed by atoms with van der Waals surface area (Å²) in [5, 5.41) is 9.18. The van der Waals surface area contributed by atoms with Gasteiger partial charge in [0.15, 0.2) is 0 Å². The standard InChI is InChI=1S/C17H18BrNO2/c18-16-9-5-4-8-15(16)12-17(21)19(10-11-20)13-14-6-2-1-3-7-14/h1-9,20H,10-13H2. The van der Waals surface area contributed by atoms with Gasteiger partial charge in [0, 0.05) is 17.6 Å². The predicted octanol–water partition coefficient (Wildman–Crippen LogP) is 3.01. The summed E-state index contributed by atoms with van der Waals surface area (Å²) in [4.78, 5) is 14.1. The van der Waals surface area contributed by atoms with E-state index < -0.39 is 0 Å². The summed E-state index contributed by atoms with van der Waals surface area (Å²) >= 11 is 3.46. The van der Waals surface area contributed by atoms with E-state index in [1.807, 2.05) is 54.6 Å². The summed E-state index contributed by atoms with van der Waals surface area (Å²) in [5.41, 5.74) is 2.02. The lowest BCUT2D eigenvalue weighted by atomic mass is 10.1. The molecule has 0 heterocycles. The summed E-state index contributed by atoms with van der Waals surface area (Å²) in [7, 11) is 0. The van der Waals surface area contributed by atoms with Crippen molar-refractivity contribution in [2.45, 2.75) is 13.0 Å². The zero-order valence-corrected chi connectivity index (χ0v) is 13.3. The van der Waals surface area contributed by atoms with Crippen molar-refractivity contribution in [2.24, 2.45) is 0 Å². The van der Waals surface area contributed by atoms with Gasteiger partial charge in [-0.3, -0.25) is 4.79 Å². The lowest BCUT2D eigenvalue weighted by molar-refractivity contribution is -0.131. The van der Waals surface area contributed by atoms with Gasteiger partial charge in [0.25, 0.3) is 0 Å². The topological polar surface area (TPSA) is 40.5 Å². The van der Waals surface area contributed by atoms with Crippen LogP contribution in [0.25, 0.3) is 0 Å². The molecule has 0 unspecified atom stereocenters. The van der Waals surface area contributed by atoms with Crippen LogP contribution in [0.4, 0.5) is 0 Å². The van der Waals surface area contributed by atoms with Gasteiger partial charge in [-0.25, -0.2) is 0 Å². The Hall–Kier alpha value is -1.65. The summed E-state index contributed by atoms with van der Waals surface area (Å²) in [6.45, 7) is 0.831. The van der Waals surface area contributed by atoms with Gasteiger partial charge in [-0.15, -0.1) is 0 Å². The lowest BCUT2D eigenvalue weighted by Crippen LogP contribution is -2.34. The Balaban J connectivity index is 2.07. The molecule has 0 saturated carbocycles. The zero-order chi connectivity index (χ0) is 15.1. The Morgan fingerprint density at radius 1 is 1.05 bits per heavy atom. The Morgan fingerprint density at radius 2 is 1.71 bits per heavy atom. The average Bonchev–Trinajstić information content (AvgIpc) is 2.50. The van der Waals surface area contributed by atoms with Crippen LogP contribution in [-0.2, 0) is 17.8 Å². The van der Waals surface area contributed by atoms with Crippen LogP contribution in [-0.4, -0.2) is 29.1 Å². The van der Waals surface area contributed by atoms with Crippen molar-refractivity contribution in [3.63, 3.8) is 0 Å². The van der Waals surface area contributed by atoms with Crippen molar-refractivity contribution in [1.29, 1.82) is 0 Å². The van der Waals surface area contributed by atoms with E-state index in [1.54, 1.807) is 4.90 Å². The fraction of sp³-hybridized carbons (Fsp3) is 0.235. The maximum absolute atomic E-state index is 12.5. The number of benzene rings is 2. The monoisotopic (exact) mass is 347 g/mol. The van der Waals surface area contributed by atoms with Gasteiger partial charge in [-0.1, -0.05) is 64.5 Å². The molecule has 2 aromatic rings. The van der Waals surface area contributed by atoms with Crippen molar-refractivity contribution in [3.05, 3.63) is 70.2 Å². The van der Waals surface area contributed by atoms with E-state index in [4.69, 9.17) is 0 Å². The predicted molar refractivity (Wildman–Crippen MR) is 86.8 cm³/mol. The minimum absolute atomic E-state index is 0.0137. The number of halogens is 1. The molecule has 21 heavy (non-hydrogen) atoms. The van der Waals surface area contributed by atoms with Gasteiger partial charge in [-0.2, -0.15) is 0 Å². The maximum Gasteiger partial charge on any atom is 0.227 e. The highest BCUT2D eigenvalue weighted by Crippen LogP contribution is 2.17. The SMILES string of the molecule is O=C(Cc1ccccc1Br)N(CCO)Cc1ccccc1. The summed E-state index contributed by atoms with van der Waals surface area (Å²) in [6.07, 6.45) is 0.328. The molecule has 110 valence electrons. The molecule has 1 amide bonds. The molecule has 0 atom stereocenters. The van der Waals surface area contributed by atoms with E-state index >= 15 is 0 Å². The Bertz CT molecular complexity index is 586. The Labute approximate surface area is 133 Å². The number of carbonyl (C=O) groups excluding carboxylic acids is 1. The first-order chi connectivity index (χ1) is 10.2. The molecule has 0 spiro atoms. The minimum Gasteiger partial charge on any atom is -0.395 e. The van der Waals surface area contributed by atoms with Gasteiger partial charge in [-0.05, 0) is 17.2 Å². The molecular weight excluding hydrogens is 330 g/mol. The number of hydrogen-bond acceptors (Lipinski definition) is 2. The molecule has 1 N–H and O–H groups in total. The zero-order valence-electron chi connectivity index (χ0n) is 11.7. The molecule has 2 aromatic carbocycles. The van der Waals surface area contributed by atoms with Gasteiger partial charge in [0.05, 0.1) is 13.0 Å². The molecule has 0 fully saturated rings. The molecular formula is C17H18BrNO2. The Morgan fingerprint density at radius 3 is 2.38 bits per heavy atom. The van der Waals surface area contributed by atoms with Gasteiger partial charge < -0.3 is 10.0 Å². The highest BCUT2D eigenvalue weighted by Gasteiger charge is 2.15. The summed E-state index contributed by atoms with van der Waals surface area (Å²) < 4.78 is 0.932. The second kappa shape index (κ2) is 7.96. The third kappa shape index (κ3) is 4.69. The highest BCUT2D eigenvalue weighted by molar-refractivity contribution is 9.10. The largest absolute Gasteiger partial charge is 0.395 e. The van der Waals surface area contributed by atoms with Crippen LogP contribution in [0.15, 0.2) is 59.1 Å². The number of carbonyl (C=O) groups is 1. The van der Waals surface area contributed by atoms with Crippen molar-refractivity contribution < 1.29 is 9.90 Å². The van der Waals surface area contributed by atoms with Gasteiger partial charge >= 0.3 is 0 Å². The van der Waals surface area contributed by atoms with Crippen LogP contribution >= 0.6 is 15.9 Å². The quantitative estimate of drug-likeness (QED) is 0.872. The first-order valence-corrected chi connectivity index (χ1v) is 7.66. The van der Waals surface area contributed by atoms with E-state index in [1.165, 1.54) is 0 Å². The lowest BCUT2D eigenvalue weighted by Gasteiger charge is -2.22. The first-order valence-electron chi connectivity index (χ1n) is 6.86. The molecule has 0 saturated heterocycles. The van der Waals surface area contributed by atoms with Crippen molar-refractivity contribution in [3.8, 4) is 0 Å². The molecule has 2 rings (SSSR count). The van der Waals surface area contributed by atoms with Crippen LogP contribution < -0.4 is 0 Å². The third-order valence-corrected chi connectivity index (χ3v) is 4.01. The Kier molecular flexibility index (Phi) is 5.96. The first kappa shape index (κ1) is 15.7. The van der Waals surface area contributed by atoms with E-state index in [0.717, 1.165) is 15.6 Å². The maximum atomic E-state index is 12.5. The minimum atomic E-state index is -0.0332. The summed E-state index contributed by atoms with van der Waals surface area (Å²) in [5.74, 6) is 0.0137. The number of amides is 1. The molecule has 0 bridgehead atoms. The normalized spacial score (nSPS) is 10.4. The van der Waals surface area contributed by atoms with Crippen molar-refractivity contribution in [2.75, 3.05) is 13.2 Å². The second-order valence-corrected chi connectivity index (χ2v) is 5.65. The van der Waals surface area contributed by atoms with Gasteiger partial charge in [0.1, 0.15) is 0 Å². The number of nitrogens with zero attached hydrogens (tertiary/aromatic N) is 1. The van der Waals surface area contributed by atoms with Crippen LogP contribution in [0.2, 0.25) is 0 Å². The van der Waals surface area contributed by atoms with E-state index in [-0.39, 0.29) is 12.5 Å². The van der Waals surface area contributed by atoms with E-state index in [0.29, 0.717) is 19.5 Å². The number of aliphatic hydroxyl groups excluding tert-OH is 1. The second-order valence-electron chi connectivity index (χ2n) is 4.79. The van der Waals surface area contributed by atoms with Crippen LogP contribution in [0.3, 0.4) is 0 Å². The number of hydrogen-bond donors (Lipinski definition) is 1. The van der Waals surface area contributed by atoms with Crippen LogP contribution in [0.1, 0.15) is 11.1 Å². The molecule has 0 aliphatic carbocycles. The van der Waals surface area contributed by atoms with Crippen LogP contribution in [0, 0.1) is 0 Å². The number of rotatable bonds is 6. The average molecular weight is 348 g/mol. The smallest absolute Gasteiger partial charge is 0.227 e. The van der Waals surface area contributed by atoms with Crippen molar-refractivity contribution >= 4 is 21.8 Å². The third-order valence-electron chi connectivity index (χ3n) is 3.24. The van der Waals surface area contributed by atoms with E-state index in [9.17, 15) is 9.90 Å². The molecule has 3 nitrogen and oxygen atoms in total. The molecule has 0 aliphatic heterocycles. The molecule has 4 heteroatoms. The number of aliphatic hydroxyl groups is 1. The van der Waals surface area contributed by atoms with Gasteiger partial charge in [0.2, 0.25) is 5.91 Å².